The van der Waals surface area contributed by atoms with Crippen LogP contribution in [0.4, 0.5) is 5.69 Å². The van der Waals surface area contributed by atoms with Crippen molar-refractivity contribution >= 4 is 17.3 Å². The van der Waals surface area contributed by atoms with Crippen molar-refractivity contribution in [3.63, 3.8) is 0 Å². The SMILES string of the molecule is N#Cc1ccc(Cl)c(NCc2cccc(O)c2O)c1. The van der Waals surface area contributed by atoms with Gasteiger partial charge in [-0.15, -0.1) is 0 Å². The van der Waals surface area contributed by atoms with Gasteiger partial charge in [-0.3, -0.25) is 0 Å². The Morgan fingerprint density at radius 1 is 1.21 bits per heavy atom. The van der Waals surface area contributed by atoms with E-state index in [1.54, 1.807) is 30.3 Å². The molecule has 0 aliphatic carbocycles. The Morgan fingerprint density at radius 2 is 2.00 bits per heavy atom. The number of hydrogen-bond donors (Lipinski definition) is 3. The van der Waals surface area contributed by atoms with E-state index in [1.165, 1.54) is 6.07 Å². The number of para-hydroxylation sites is 1. The summed E-state index contributed by atoms with van der Waals surface area (Å²) in [4.78, 5) is 0. The maximum atomic E-state index is 9.67. The van der Waals surface area contributed by atoms with E-state index in [9.17, 15) is 10.2 Å². The standard InChI is InChI=1S/C14H11ClN2O2/c15-11-5-4-9(7-16)6-12(11)17-8-10-2-1-3-13(18)14(10)19/h1-6,17-19H,8H2. The topological polar surface area (TPSA) is 76.3 Å². The van der Waals surface area contributed by atoms with E-state index < -0.39 is 0 Å². The molecule has 2 aromatic carbocycles. The van der Waals surface area contributed by atoms with Crippen molar-refractivity contribution in [2.45, 2.75) is 6.54 Å². The lowest BCUT2D eigenvalue weighted by molar-refractivity contribution is 0.400. The van der Waals surface area contributed by atoms with Gasteiger partial charge in [0.05, 0.1) is 22.3 Å². The summed E-state index contributed by atoms with van der Waals surface area (Å²) in [5.41, 5.74) is 1.63. The van der Waals surface area contributed by atoms with E-state index in [2.05, 4.69) is 5.32 Å². The van der Waals surface area contributed by atoms with Crippen molar-refractivity contribution in [2.75, 3.05) is 5.32 Å². The monoisotopic (exact) mass is 274 g/mol. The van der Waals surface area contributed by atoms with Gasteiger partial charge >= 0.3 is 0 Å². The molecular formula is C14H11ClN2O2. The average Bonchev–Trinajstić information content (AvgIpc) is 2.42. The Morgan fingerprint density at radius 3 is 2.74 bits per heavy atom. The molecule has 2 rings (SSSR count). The Kier molecular flexibility index (Phi) is 3.79. The summed E-state index contributed by atoms with van der Waals surface area (Å²) < 4.78 is 0. The van der Waals surface area contributed by atoms with Crippen LogP contribution in [0.25, 0.3) is 0 Å². The highest BCUT2D eigenvalue weighted by Gasteiger charge is 2.07. The van der Waals surface area contributed by atoms with Gasteiger partial charge in [-0.05, 0) is 24.3 Å². The molecule has 0 fully saturated rings. The summed E-state index contributed by atoms with van der Waals surface area (Å²) in [6, 6.07) is 11.6. The normalized spacial score (nSPS) is 9.89. The molecule has 0 heterocycles. The van der Waals surface area contributed by atoms with Crippen LogP contribution in [0, 0.1) is 11.3 Å². The molecule has 0 aromatic heterocycles. The molecule has 5 heteroatoms. The van der Waals surface area contributed by atoms with Crippen molar-refractivity contribution in [1.82, 2.24) is 0 Å². The maximum absolute atomic E-state index is 9.67. The maximum Gasteiger partial charge on any atom is 0.162 e. The lowest BCUT2D eigenvalue weighted by Crippen LogP contribution is -2.00. The zero-order chi connectivity index (χ0) is 13.8. The van der Waals surface area contributed by atoms with Crippen LogP contribution in [0.15, 0.2) is 36.4 Å². The number of benzene rings is 2. The molecule has 19 heavy (non-hydrogen) atoms. The van der Waals surface area contributed by atoms with Crippen molar-refractivity contribution in [2.24, 2.45) is 0 Å². The molecule has 0 bridgehead atoms. The molecule has 0 atom stereocenters. The molecule has 0 unspecified atom stereocenters. The van der Waals surface area contributed by atoms with Gasteiger partial charge in [0.15, 0.2) is 11.5 Å². The van der Waals surface area contributed by atoms with Crippen molar-refractivity contribution < 1.29 is 10.2 Å². The first-order valence-electron chi connectivity index (χ1n) is 5.55. The highest BCUT2D eigenvalue weighted by Crippen LogP contribution is 2.30. The lowest BCUT2D eigenvalue weighted by atomic mass is 10.1. The lowest BCUT2D eigenvalue weighted by Gasteiger charge is -2.10. The second-order valence-corrected chi connectivity index (χ2v) is 4.35. The Labute approximate surface area is 115 Å². The van der Waals surface area contributed by atoms with E-state index >= 15 is 0 Å². The van der Waals surface area contributed by atoms with Crippen molar-refractivity contribution in [3.05, 3.63) is 52.5 Å². The molecule has 0 spiro atoms. The number of phenolic OH excluding ortho intramolecular Hbond substituents is 2. The van der Waals surface area contributed by atoms with Crippen LogP contribution in [0.2, 0.25) is 5.02 Å². The smallest absolute Gasteiger partial charge is 0.162 e. The third kappa shape index (κ3) is 2.90. The van der Waals surface area contributed by atoms with Crippen LogP contribution in [-0.2, 0) is 6.54 Å². The van der Waals surface area contributed by atoms with Crippen LogP contribution in [0.3, 0.4) is 0 Å². The van der Waals surface area contributed by atoms with Gasteiger partial charge in [0.2, 0.25) is 0 Å². The summed E-state index contributed by atoms with van der Waals surface area (Å²) in [6.07, 6.45) is 0. The minimum atomic E-state index is -0.170. The summed E-state index contributed by atoms with van der Waals surface area (Å²) in [5, 5.41) is 31.4. The zero-order valence-electron chi connectivity index (χ0n) is 9.89. The second kappa shape index (κ2) is 5.51. The van der Waals surface area contributed by atoms with Gasteiger partial charge in [0, 0.05) is 12.1 Å². The number of aromatic hydroxyl groups is 2. The van der Waals surface area contributed by atoms with Gasteiger partial charge in [-0.2, -0.15) is 5.26 Å². The first-order chi connectivity index (χ1) is 9.11. The number of hydrogen-bond acceptors (Lipinski definition) is 4. The quantitative estimate of drug-likeness (QED) is 0.751. The molecule has 0 saturated heterocycles. The number of nitrogens with one attached hydrogen (secondary N) is 1. The molecule has 0 saturated carbocycles. The minimum absolute atomic E-state index is 0.164. The first kappa shape index (κ1) is 13.1. The number of rotatable bonds is 3. The zero-order valence-corrected chi connectivity index (χ0v) is 10.6. The van der Waals surface area contributed by atoms with E-state index in [4.69, 9.17) is 16.9 Å². The summed E-state index contributed by atoms with van der Waals surface area (Å²) >= 11 is 6.01. The first-order valence-corrected chi connectivity index (χ1v) is 5.93. The predicted molar refractivity (Wildman–Crippen MR) is 73.3 cm³/mol. The molecule has 0 radical (unpaired) electrons. The van der Waals surface area contributed by atoms with E-state index in [0.29, 0.717) is 21.8 Å². The third-order valence-electron chi connectivity index (χ3n) is 2.66. The number of halogens is 1. The molecule has 0 amide bonds. The number of phenols is 2. The molecule has 3 N–H and O–H groups in total. The fourth-order valence-corrected chi connectivity index (χ4v) is 1.83. The van der Waals surface area contributed by atoms with Crippen molar-refractivity contribution in [3.8, 4) is 17.6 Å². The minimum Gasteiger partial charge on any atom is -0.504 e. The van der Waals surface area contributed by atoms with Crippen LogP contribution >= 0.6 is 11.6 Å². The third-order valence-corrected chi connectivity index (χ3v) is 2.99. The summed E-state index contributed by atoms with van der Waals surface area (Å²) in [6.45, 7) is 0.287. The molecule has 0 aliphatic heterocycles. The largest absolute Gasteiger partial charge is 0.504 e. The summed E-state index contributed by atoms with van der Waals surface area (Å²) in [7, 11) is 0. The molecule has 0 aliphatic rings. The van der Waals surface area contributed by atoms with Crippen molar-refractivity contribution in [1.29, 1.82) is 5.26 Å². The highest BCUT2D eigenvalue weighted by atomic mass is 35.5. The van der Waals surface area contributed by atoms with E-state index in [0.717, 1.165) is 0 Å². The summed E-state index contributed by atoms with van der Waals surface area (Å²) in [5.74, 6) is -0.335. The van der Waals surface area contributed by atoms with Crippen LogP contribution < -0.4 is 5.32 Å². The molecule has 4 nitrogen and oxygen atoms in total. The van der Waals surface area contributed by atoms with Gasteiger partial charge in [-0.1, -0.05) is 23.7 Å². The number of nitriles is 1. The predicted octanol–water partition coefficient (Wildman–Crippen LogP) is 3.23. The fourth-order valence-electron chi connectivity index (χ4n) is 1.64. The fraction of sp³-hybridized carbons (Fsp3) is 0.0714. The van der Waals surface area contributed by atoms with Gasteiger partial charge in [-0.25, -0.2) is 0 Å². The Balaban J connectivity index is 2.19. The van der Waals surface area contributed by atoms with E-state index in [1.807, 2.05) is 6.07 Å². The van der Waals surface area contributed by atoms with Gasteiger partial charge < -0.3 is 15.5 Å². The van der Waals surface area contributed by atoms with E-state index in [-0.39, 0.29) is 18.0 Å². The van der Waals surface area contributed by atoms with Gasteiger partial charge in [0.1, 0.15) is 0 Å². The Bertz CT molecular complexity index is 650. The Hall–Kier alpha value is -2.38. The number of nitrogens with zero attached hydrogens (tertiary/aromatic N) is 1. The molecule has 96 valence electrons. The molecular weight excluding hydrogens is 264 g/mol. The average molecular weight is 275 g/mol. The highest BCUT2D eigenvalue weighted by molar-refractivity contribution is 6.33. The molecule has 2 aromatic rings. The van der Waals surface area contributed by atoms with Crippen LogP contribution in [-0.4, -0.2) is 10.2 Å². The second-order valence-electron chi connectivity index (χ2n) is 3.94. The van der Waals surface area contributed by atoms with Crippen LogP contribution in [0.5, 0.6) is 11.5 Å². The van der Waals surface area contributed by atoms with Crippen LogP contribution in [0.1, 0.15) is 11.1 Å². The number of anilines is 1. The van der Waals surface area contributed by atoms with Gasteiger partial charge in [0.25, 0.3) is 0 Å².